The summed E-state index contributed by atoms with van der Waals surface area (Å²) in [5, 5.41) is 0. The van der Waals surface area contributed by atoms with Crippen LogP contribution < -0.4 is 16.6 Å². The standard InChI is InChI=1S/C13H10F3N3O/c14-7-4-8(15)6-9(5-7)18-19-13(20)12-10(16)2-1-3-11(12)17/h1-6,18H,17H2,(H,19,20). The number of nitrogens with two attached hydrogens (primary N) is 1. The molecule has 0 bridgehead atoms. The Hall–Kier alpha value is -2.70. The molecule has 0 fully saturated rings. The molecular weight excluding hydrogens is 271 g/mol. The number of carbonyl (C=O) groups excluding carboxylic acids is 1. The molecule has 4 N–H and O–H groups in total. The van der Waals surface area contributed by atoms with E-state index in [0.29, 0.717) is 6.07 Å². The van der Waals surface area contributed by atoms with Crippen molar-refractivity contribution in [3.63, 3.8) is 0 Å². The first-order chi connectivity index (χ1) is 9.47. The molecule has 2 rings (SSSR count). The van der Waals surface area contributed by atoms with Gasteiger partial charge in [-0.15, -0.1) is 0 Å². The van der Waals surface area contributed by atoms with Crippen molar-refractivity contribution in [2.45, 2.75) is 0 Å². The van der Waals surface area contributed by atoms with Crippen LogP contribution in [0.3, 0.4) is 0 Å². The fraction of sp³-hybridized carbons (Fsp3) is 0. The molecule has 0 aliphatic heterocycles. The van der Waals surface area contributed by atoms with Gasteiger partial charge in [-0.2, -0.15) is 0 Å². The number of hydrogen-bond donors (Lipinski definition) is 3. The van der Waals surface area contributed by atoms with Crippen molar-refractivity contribution in [2.24, 2.45) is 0 Å². The molecule has 0 spiro atoms. The first kappa shape index (κ1) is 13.7. The van der Waals surface area contributed by atoms with E-state index in [2.05, 4.69) is 10.9 Å². The van der Waals surface area contributed by atoms with Crippen molar-refractivity contribution < 1.29 is 18.0 Å². The molecule has 0 saturated carbocycles. The molecule has 104 valence electrons. The van der Waals surface area contributed by atoms with Crippen molar-refractivity contribution in [1.82, 2.24) is 5.43 Å². The molecule has 0 unspecified atom stereocenters. The average Bonchev–Trinajstić information content (AvgIpc) is 2.35. The Morgan fingerprint density at radius 1 is 1.05 bits per heavy atom. The van der Waals surface area contributed by atoms with Crippen LogP contribution in [0.5, 0.6) is 0 Å². The Morgan fingerprint density at radius 3 is 2.30 bits per heavy atom. The lowest BCUT2D eigenvalue weighted by molar-refractivity contribution is 0.0959. The maximum Gasteiger partial charge on any atom is 0.274 e. The quantitative estimate of drug-likeness (QED) is 0.598. The molecule has 2 aromatic rings. The van der Waals surface area contributed by atoms with Crippen LogP contribution in [0.25, 0.3) is 0 Å². The number of nitrogen functional groups attached to an aromatic ring is 1. The smallest absolute Gasteiger partial charge is 0.274 e. The van der Waals surface area contributed by atoms with Gasteiger partial charge in [0.1, 0.15) is 17.5 Å². The molecule has 2 aromatic carbocycles. The van der Waals surface area contributed by atoms with Crippen molar-refractivity contribution >= 4 is 17.3 Å². The summed E-state index contributed by atoms with van der Waals surface area (Å²) in [6.45, 7) is 0. The minimum absolute atomic E-state index is 0.0224. The zero-order valence-electron chi connectivity index (χ0n) is 10.1. The summed E-state index contributed by atoms with van der Waals surface area (Å²) >= 11 is 0. The van der Waals surface area contributed by atoms with Gasteiger partial charge in [-0.25, -0.2) is 13.2 Å². The van der Waals surface area contributed by atoms with Gasteiger partial charge in [-0.1, -0.05) is 6.07 Å². The second-order valence-electron chi connectivity index (χ2n) is 3.94. The van der Waals surface area contributed by atoms with Gasteiger partial charge in [0.2, 0.25) is 0 Å². The van der Waals surface area contributed by atoms with Crippen molar-refractivity contribution in [1.29, 1.82) is 0 Å². The van der Waals surface area contributed by atoms with Crippen LogP contribution >= 0.6 is 0 Å². The van der Waals surface area contributed by atoms with Gasteiger partial charge in [0.05, 0.1) is 11.3 Å². The third-order valence-corrected chi connectivity index (χ3v) is 2.46. The molecule has 20 heavy (non-hydrogen) atoms. The SMILES string of the molecule is Nc1cccc(F)c1C(=O)NNc1cc(F)cc(F)c1. The zero-order valence-corrected chi connectivity index (χ0v) is 10.1. The fourth-order valence-electron chi connectivity index (χ4n) is 1.60. The number of benzene rings is 2. The van der Waals surface area contributed by atoms with Gasteiger partial charge in [-0.05, 0) is 24.3 Å². The second-order valence-corrected chi connectivity index (χ2v) is 3.94. The number of hydrogen-bond acceptors (Lipinski definition) is 3. The van der Waals surface area contributed by atoms with E-state index in [1.54, 1.807) is 0 Å². The van der Waals surface area contributed by atoms with Gasteiger partial charge in [-0.3, -0.25) is 15.6 Å². The summed E-state index contributed by atoms with van der Waals surface area (Å²) in [5.41, 5.74) is 9.46. The molecule has 7 heteroatoms. The maximum atomic E-state index is 13.5. The van der Waals surface area contributed by atoms with Crippen LogP contribution in [-0.2, 0) is 0 Å². The minimum Gasteiger partial charge on any atom is -0.398 e. The summed E-state index contributed by atoms with van der Waals surface area (Å²) in [7, 11) is 0. The number of anilines is 2. The lowest BCUT2D eigenvalue weighted by Crippen LogP contribution is -2.30. The van der Waals surface area contributed by atoms with E-state index in [1.807, 2.05) is 0 Å². The summed E-state index contributed by atoms with van der Waals surface area (Å²) in [4.78, 5) is 11.7. The Kier molecular flexibility index (Phi) is 3.79. The van der Waals surface area contributed by atoms with E-state index in [0.717, 1.165) is 18.2 Å². The molecule has 0 radical (unpaired) electrons. The molecule has 0 atom stereocenters. The summed E-state index contributed by atoms with van der Waals surface area (Å²) in [6, 6.07) is 6.41. The number of nitrogens with one attached hydrogen (secondary N) is 2. The zero-order chi connectivity index (χ0) is 14.7. The third-order valence-electron chi connectivity index (χ3n) is 2.46. The summed E-state index contributed by atoms with van der Waals surface area (Å²) in [5.74, 6) is -3.28. The Balaban J connectivity index is 2.13. The Labute approximate surface area is 112 Å². The number of rotatable bonds is 3. The van der Waals surface area contributed by atoms with Gasteiger partial charge < -0.3 is 5.73 Å². The highest BCUT2D eigenvalue weighted by Gasteiger charge is 2.14. The van der Waals surface area contributed by atoms with Crippen LogP contribution in [0, 0.1) is 17.5 Å². The minimum atomic E-state index is -0.856. The monoisotopic (exact) mass is 281 g/mol. The molecule has 0 aromatic heterocycles. The molecular formula is C13H10F3N3O. The molecule has 0 aliphatic rings. The molecule has 1 amide bonds. The predicted octanol–water partition coefficient (Wildman–Crippen LogP) is 2.44. The number of amides is 1. The van der Waals surface area contributed by atoms with Crippen LogP contribution in [0.1, 0.15) is 10.4 Å². The highest BCUT2D eigenvalue weighted by Crippen LogP contribution is 2.16. The van der Waals surface area contributed by atoms with Crippen LogP contribution in [0.2, 0.25) is 0 Å². The Bertz CT molecular complexity index is 621. The molecule has 4 nitrogen and oxygen atoms in total. The van der Waals surface area contributed by atoms with E-state index < -0.39 is 23.4 Å². The highest BCUT2D eigenvalue weighted by atomic mass is 19.1. The average molecular weight is 281 g/mol. The van der Waals surface area contributed by atoms with E-state index in [1.165, 1.54) is 12.1 Å². The van der Waals surface area contributed by atoms with Crippen LogP contribution in [0.15, 0.2) is 36.4 Å². The number of halogens is 3. The molecule has 0 aliphatic carbocycles. The molecule has 0 saturated heterocycles. The fourth-order valence-corrected chi connectivity index (χ4v) is 1.60. The van der Waals surface area contributed by atoms with E-state index in [-0.39, 0.29) is 16.9 Å². The largest absolute Gasteiger partial charge is 0.398 e. The van der Waals surface area contributed by atoms with Crippen LogP contribution in [0.4, 0.5) is 24.5 Å². The maximum absolute atomic E-state index is 13.5. The van der Waals surface area contributed by atoms with Gasteiger partial charge in [0.25, 0.3) is 5.91 Å². The van der Waals surface area contributed by atoms with Crippen molar-refractivity contribution in [3.8, 4) is 0 Å². The topological polar surface area (TPSA) is 67.2 Å². The normalized spacial score (nSPS) is 10.2. The lowest BCUT2D eigenvalue weighted by Gasteiger charge is -2.10. The number of hydrazine groups is 1. The molecule has 0 heterocycles. The van der Waals surface area contributed by atoms with Crippen molar-refractivity contribution in [3.05, 3.63) is 59.4 Å². The first-order valence-electron chi connectivity index (χ1n) is 5.54. The van der Waals surface area contributed by atoms with Gasteiger partial charge >= 0.3 is 0 Å². The summed E-state index contributed by atoms with van der Waals surface area (Å²) in [6.07, 6.45) is 0. The second kappa shape index (κ2) is 5.52. The van der Waals surface area contributed by atoms with Crippen LogP contribution in [-0.4, -0.2) is 5.91 Å². The summed E-state index contributed by atoms with van der Waals surface area (Å²) < 4.78 is 39.3. The van der Waals surface area contributed by atoms with Crippen molar-refractivity contribution in [2.75, 3.05) is 11.2 Å². The van der Waals surface area contributed by atoms with Gasteiger partial charge in [0.15, 0.2) is 0 Å². The lowest BCUT2D eigenvalue weighted by atomic mass is 10.1. The highest BCUT2D eigenvalue weighted by molar-refractivity contribution is 5.99. The van der Waals surface area contributed by atoms with E-state index in [4.69, 9.17) is 5.73 Å². The van der Waals surface area contributed by atoms with E-state index in [9.17, 15) is 18.0 Å². The van der Waals surface area contributed by atoms with E-state index >= 15 is 0 Å². The predicted molar refractivity (Wildman–Crippen MR) is 68.3 cm³/mol. The third kappa shape index (κ3) is 3.00. The Morgan fingerprint density at radius 2 is 1.70 bits per heavy atom. The number of carbonyl (C=O) groups is 1. The first-order valence-corrected chi connectivity index (χ1v) is 5.54. The van der Waals surface area contributed by atoms with Gasteiger partial charge in [0, 0.05) is 11.8 Å².